The van der Waals surface area contributed by atoms with E-state index >= 15 is 0 Å². The molecule has 0 aromatic carbocycles. The van der Waals surface area contributed by atoms with E-state index in [1.54, 1.807) is 6.33 Å². The van der Waals surface area contributed by atoms with Gasteiger partial charge in [0, 0.05) is 12.8 Å². The Balaban J connectivity index is 2.17. The molecule has 5 heteroatoms. The Morgan fingerprint density at radius 2 is 2.14 bits per heavy atom. The van der Waals surface area contributed by atoms with Gasteiger partial charge in [-0.05, 0) is 0 Å². The van der Waals surface area contributed by atoms with Crippen molar-refractivity contribution in [3.05, 3.63) is 6.33 Å². The van der Waals surface area contributed by atoms with Gasteiger partial charge in [-0.25, -0.2) is 10.1 Å². The van der Waals surface area contributed by atoms with Gasteiger partial charge in [0.25, 0.3) is 0 Å². The first-order valence-electron chi connectivity index (χ1n) is 5.02. The molecule has 5 nitrogen and oxygen atoms in total. The van der Waals surface area contributed by atoms with E-state index in [-0.39, 0.29) is 0 Å². The van der Waals surface area contributed by atoms with Crippen LogP contribution in [0.3, 0.4) is 0 Å². The highest BCUT2D eigenvalue weighted by Gasteiger charge is 2.33. The van der Waals surface area contributed by atoms with Gasteiger partial charge in [0.15, 0.2) is 5.52 Å². The van der Waals surface area contributed by atoms with Crippen molar-refractivity contribution in [2.24, 2.45) is 0 Å². The molecule has 3 rings (SSSR count). The molecule has 0 radical (unpaired) electrons. The number of aromatic amines is 2. The molecule has 74 valence electrons. The maximum absolute atomic E-state index is 4.19. The zero-order valence-corrected chi connectivity index (χ0v) is 8.25. The van der Waals surface area contributed by atoms with Gasteiger partial charge in [-0.15, -0.1) is 5.10 Å². The lowest BCUT2D eigenvalue weighted by Gasteiger charge is -2.25. The van der Waals surface area contributed by atoms with E-state index in [4.69, 9.17) is 0 Å². The van der Waals surface area contributed by atoms with Gasteiger partial charge in [-0.3, -0.25) is 4.48 Å². The highest BCUT2D eigenvalue weighted by molar-refractivity contribution is 5.82. The number of fused-ring (bicyclic) bond motifs is 1. The first kappa shape index (κ1) is 7.99. The van der Waals surface area contributed by atoms with Crippen LogP contribution in [-0.2, 0) is 0 Å². The summed E-state index contributed by atoms with van der Waals surface area (Å²) in [6, 6.07) is 0. The Bertz CT molecular complexity index is 448. The lowest BCUT2D eigenvalue weighted by Crippen LogP contribution is -2.42. The summed E-state index contributed by atoms with van der Waals surface area (Å²) in [4.78, 5) is 7.28. The Kier molecular flexibility index (Phi) is 1.47. The fourth-order valence-electron chi connectivity index (χ4n) is 2.36. The van der Waals surface area contributed by atoms with E-state index in [2.05, 4.69) is 27.2 Å². The Morgan fingerprint density at radius 1 is 1.36 bits per heavy atom. The first-order valence-corrected chi connectivity index (χ1v) is 5.02. The van der Waals surface area contributed by atoms with Crippen LogP contribution >= 0.6 is 0 Å². The third kappa shape index (κ3) is 0.928. The zero-order chi connectivity index (χ0) is 9.60. The monoisotopic (exact) mass is 192 g/mol. The molecular formula is C9H14N5+. The second kappa shape index (κ2) is 2.57. The molecule has 1 aliphatic heterocycles. The molecule has 0 unspecified atom stereocenters. The summed E-state index contributed by atoms with van der Waals surface area (Å²) in [5.41, 5.74) is 1.86. The number of likely N-dealkylation sites (tertiary alicyclic amines) is 1. The summed E-state index contributed by atoms with van der Waals surface area (Å²) < 4.78 is 0.957. The summed E-state index contributed by atoms with van der Waals surface area (Å²) in [7, 11) is 2.25. The first-order chi connectivity index (χ1) is 6.80. The normalized spacial score (nSPS) is 20.6. The van der Waals surface area contributed by atoms with Crippen molar-refractivity contribution in [3.8, 4) is 0 Å². The number of quaternary nitrogens is 1. The van der Waals surface area contributed by atoms with Crippen molar-refractivity contribution >= 4 is 17.0 Å². The molecule has 1 aliphatic rings. The topological polar surface area (TPSA) is 57.4 Å². The van der Waals surface area contributed by atoms with E-state index in [0.717, 1.165) is 15.6 Å². The summed E-state index contributed by atoms with van der Waals surface area (Å²) in [5.74, 6) is 1.18. The summed E-state index contributed by atoms with van der Waals surface area (Å²) in [5, 5.41) is 7.29. The van der Waals surface area contributed by atoms with Crippen LogP contribution in [-0.4, -0.2) is 40.3 Å². The van der Waals surface area contributed by atoms with Crippen molar-refractivity contribution in [1.29, 1.82) is 0 Å². The van der Waals surface area contributed by atoms with E-state index in [1.165, 1.54) is 31.7 Å². The minimum atomic E-state index is 0.797. The van der Waals surface area contributed by atoms with Crippen LogP contribution in [0, 0.1) is 0 Å². The molecular weight excluding hydrogens is 178 g/mol. The molecule has 0 saturated carbocycles. The molecule has 2 N–H and O–H groups in total. The van der Waals surface area contributed by atoms with Crippen molar-refractivity contribution < 1.29 is 0 Å². The maximum Gasteiger partial charge on any atom is 0.249 e. The van der Waals surface area contributed by atoms with Crippen LogP contribution in [0.5, 0.6) is 0 Å². The molecule has 0 atom stereocenters. The molecule has 0 spiro atoms. The summed E-state index contributed by atoms with van der Waals surface area (Å²) in [6.45, 7) is 2.38. The van der Waals surface area contributed by atoms with Crippen LogP contribution in [0.25, 0.3) is 11.2 Å². The van der Waals surface area contributed by atoms with E-state index < -0.39 is 0 Å². The predicted octanol–water partition coefficient (Wildman–Crippen LogP) is 1.02. The maximum atomic E-state index is 4.19. The van der Waals surface area contributed by atoms with E-state index in [0.29, 0.717) is 0 Å². The molecule has 2 aromatic rings. The second-order valence-corrected chi connectivity index (χ2v) is 4.22. The van der Waals surface area contributed by atoms with E-state index in [1.807, 2.05) is 0 Å². The molecule has 0 amide bonds. The SMILES string of the molecule is C[N+]1(c2[nH]nc3nc[nH]c23)CCCC1. The smallest absolute Gasteiger partial charge is 0.249 e. The molecule has 3 heterocycles. The van der Waals surface area contributed by atoms with Gasteiger partial charge in [0.2, 0.25) is 11.5 Å². The number of rotatable bonds is 1. The quantitative estimate of drug-likeness (QED) is 0.663. The molecule has 0 bridgehead atoms. The lowest BCUT2D eigenvalue weighted by atomic mass is 10.4. The Hall–Kier alpha value is -1.36. The number of hydrogen-bond donors (Lipinski definition) is 2. The van der Waals surface area contributed by atoms with Crippen molar-refractivity contribution in [1.82, 2.24) is 24.6 Å². The van der Waals surface area contributed by atoms with Crippen molar-refractivity contribution in [3.63, 3.8) is 0 Å². The highest BCUT2D eigenvalue weighted by atomic mass is 15.4. The van der Waals surface area contributed by atoms with Gasteiger partial charge in [-0.1, -0.05) is 0 Å². The van der Waals surface area contributed by atoms with Gasteiger partial charge in [-0.2, -0.15) is 0 Å². The van der Waals surface area contributed by atoms with Gasteiger partial charge in [0.1, 0.15) is 0 Å². The standard InChI is InChI=1S/C9H14N5/c1-14(4-2-3-5-14)9-7-8(12-13-9)11-6-10-7/h6H,2-5H2,1H3,(H2,10,11,12,13)/q+1. The minimum Gasteiger partial charge on any atom is -0.337 e. The highest BCUT2D eigenvalue weighted by Crippen LogP contribution is 2.29. The summed E-state index contributed by atoms with van der Waals surface area (Å²) >= 11 is 0. The van der Waals surface area contributed by atoms with Crippen LogP contribution in [0.2, 0.25) is 0 Å². The molecule has 1 fully saturated rings. The van der Waals surface area contributed by atoms with Crippen LogP contribution in [0.15, 0.2) is 6.33 Å². The fraction of sp³-hybridized carbons (Fsp3) is 0.556. The minimum absolute atomic E-state index is 0.797. The van der Waals surface area contributed by atoms with Crippen LogP contribution in [0.1, 0.15) is 12.8 Å². The zero-order valence-electron chi connectivity index (χ0n) is 8.25. The fourth-order valence-corrected chi connectivity index (χ4v) is 2.36. The van der Waals surface area contributed by atoms with E-state index in [9.17, 15) is 0 Å². The number of H-pyrrole nitrogens is 2. The summed E-state index contributed by atoms with van der Waals surface area (Å²) in [6.07, 6.45) is 4.30. The largest absolute Gasteiger partial charge is 0.337 e. The van der Waals surface area contributed by atoms with Gasteiger partial charge < -0.3 is 4.98 Å². The van der Waals surface area contributed by atoms with Crippen molar-refractivity contribution in [2.75, 3.05) is 20.1 Å². The molecule has 1 saturated heterocycles. The molecule has 14 heavy (non-hydrogen) atoms. The Morgan fingerprint density at radius 3 is 2.93 bits per heavy atom. The van der Waals surface area contributed by atoms with Crippen LogP contribution in [0.4, 0.5) is 5.82 Å². The average molecular weight is 192 g/mol. The second-order valence-electron chi connectivity index (χ2n) is 4.22. The number of imidazole rings is 1. The number of aromatic nitrogens is 4. The Labute approximate surface area is 81.7 Å². The van der Waals surface area contributed by atoms with Gasteiger partial charge >= 0.3 is 0 Å². The molecule has 0 aliphatic carbocycles. The van der Waals surface area contributed by atoms with Crippen LogP contribution < -0.4 is 4.48 Å². The number of nitrogens with zero attached hydrogens (tertiary/aromatic N) is 3. The average Bonchev–Trinajstić information content (AvgIpc) is 2.76. The third-order valence-corrected chi connectivity index (χ3v) is 3.22. The molecule has 2 aromatic heterocycles. The third-order valence-electron chi connectivity index (χ3n) is 3.22. The number of nitrogens with one attached hydrogen (secondary N) is 2. The lowest BCUT2D eigenvalue weighted by molar-refractivity contribution is 0.397. The predicted molar refractivity (Wildman–Crippen MR) is 54.9 cm³/mol. The van der Waals surface area contributed by atoms with Crippen molar-refractivity contribution in [2.45, 2.75) is 12.8 Å². The number of hydrogen-bond acceptors (Lipinski definition) is 2. The van der Waals surface area contributed by atoms with Gasteiger partial charge in [0.05, 0.1) is 26.5 Å².